The van der Waals surface area contributed by atoms with Crippen LogP contribution in [-0.4, -0.2) is 0 Å². The highest BCUT2D eigenvalue weighted by Gasteiger charge is 2.39. The molecule has 0 unspecified atom stereocenters. The number of hydrogen-bond acceptors (Lipinski definition) is 1. The number of nitriles is 1. The van der Waals surface area contributed by atoms with Gasteiger partial charge in [-0.05, 0) is 100 Å². The molecular formula is C25H43N. The van der Waals surface area contributed by atoms with Crippen molar-refractivity contribution < 1.29 is 0 Å². The average Bonchev–Trinajstić information content (AvgIpc) is 2.70. The van der Waals surface area contributed by atoms with E-state index in [9.17, 15) is 5.26 Å². The van der Waals surface area contributed by atoms with Gasteiger partial charge >= 0.3 is 0 Å². The van der Waals surface area contributed by atoms with E-state index in [0.29, 0.717) is 0 Å². The molecule has 0 aromatic carbocycles. The number of rotatable bonds is 6. The lowest BCUT2D eigenvalue weighted by atomic mass is 9.62. The Morgan fingerprint density at radius 2 is 1.15 bits per heavy atom. The topological polar surface area (TPSA) is 23.8 Å². The van der Waals surface area contributed by atoms with E-state index in [1.165, 1.54) is 96.3 Å². The van der Waals surface area contributed by atoms with Gasteiger partial charge in [0.2, 0.25) is 0 Å². The monoisotopic (exact) mass is 357 g/mol. The van der Waals surface area contributed by atoms with Crippen molar-refractivity contribution >= 4 is 0 Å². The minimum absolute atomic E-state index is 0.0412. The van der Waals surface area contributed by atoms with Gasteiger partial charge in [0.1, 0.15) is 0 Å². The van der Waals surface area contributed by atoms with Crippen LogP contribution in [0.25, 0.3) is 0 Å². The molecule has 0 spiro atoms. The molecule has 3 aliphatic rings. The first kappa shape index (κ1) is 20.2. The van der Waals surface area contributed by atoms with Gasteiger partial charge in [-0.1, -0.05) is 46.0 Å². The van der Waals surface area contributed by atoms with Crippen LogP contribution in [-0.2, 0) is 0 Å². The zero-order valence-electron chi connectivity index (χ0n) is 17.6. The molecule has 0 aromatic rings. The van der Waals surface area contributed by atoms with Gasteiger partial charge < -0.3 is 0 Å². The first-order chi connectivity index (χ1) is 12.7. The van der Waals surface area contributed by atoms with Crippen molar-refractivity contribution in [2.75, 3.05) is 0 Å². The fraction of sp³-hybridized carbons (Fsp3) is 0.960. The van der Waals surface area contributed by atoms with Crippen LogP contribution in [0.1, 0.15) is 117 Å². The standard InChI is InChI=1S/C25H43N/c1-3-5-20-6-8-21(9-7-20)22-10-12-23(13-11-22)24-14-17-25(19-26,16-4-2)18-15-24/h20-24H,3-18H2,1-2H3. The lowest BCUT2D eigenvalue weighted by molar-refractivity contribution is 0.0904. The summed E-state index contributed by atoms with van der Waals surface area (Å²) in [6, 6.07) is 2.70. The Hall–Kier alpha value is -0.510. The van der Waals surface area contributed by atoms with Gasteiger partial charge in [0, 0.05) is 0 Å². The van der Waals surface area contributed by atoms with Gasteiger partial charge in [-0.15, -0.1) is 0 Å². The summed E-state index contributed by atoms with van der Waals surface area (Å²) in [5.41, 5.74) is 0.0412. The Balaban J connectivity index is 1.40. The molecule has 3 aliphatic carbocycles. The van der Waals surface area contributed by atoms with Crippen LogP contribution in [0.4, 0.5) is 0 Å². The van der Waals surface area contributed by atoms with E-state index in [4.69, 9.17) is 0 Å². The first-order valence-corrected chi connectivity index (χ1v) is 12.1. The summed E-state index contributed by atoms with van der Waals surface area (Å²) in [5.74, 6) is 5.09. The lowest BCUT2D eigenvalue weighted by Gasteiger charge is -2.43. The minimum Gasteiger partial charge on any atom is -0.198 e. The van der Waals surface area contributed by atoms with Crippen molar-refractivity contribution in [1.29, 1.82) is 5.26 Å². The predicted octanol–water partition coefficient (Wildman–Crippen LogP) is 7.90. The Morgan fingerprint density at radius 1 is 0.692 bits per heavy atom. The van der Waals surface area contributed by atoms with Gasteiger partial charge in [-0.3, -0.25) is 0 Å². The molecule has 0 aromatic heterocycles. The fourth-order valence-electron chi connectivity index (χ4n) is 7.00. The first-order valence-electron chi connectivity index (χ1n) is 12.1. The van der Waals surface area contributed by atoms with Crippen LogP contribution < -0.4 is 0 Å². The van der Waals surface area contributed by atoms with Crippen molar-refractivity contribution in [2.24, 2.45) is 35.0 Å². The molecule has 1 heteroatoms. The molecule has 0 heterocycles. The molecule has 26 heavy (non-hydrogen) atoms. The second-order valence-corrected chi connectivity index (χ2v) is 10.2. The normalized spacial score (nSPS) is 41.5. The molecule has 0 saturated heterocycles. The van der Waals surface area contributed by atoms with E-state index in [0.717, 1.165) is 36.0 Å². The van der Waals surface area contributed by atoms with Crippen LogP contribution in [0.3, 0.4) is 0 Å². The van der Waals surface area contributed by atoms with E-state index in [-0.39, 0.29) is 5.41 Å². The number of nitrogens with zero attached hydrogens (tertiary/aromatic N) is 1. The van der Waals surface area contributed by atoms with Crippen LogP contribution in [0.2, 0.25) is 0 Å². The Labute approximate surface area is 163 Å². The fourth-order valence-corrected chi connectivity index (χ4v) is 7.00. The zero-order valence-corrected chi connectivity index (χ0v) is 17.6. The quantitative estimate of drug-likeness (QED) is 0.474. The van der Waals surface area contributed by atoms with Crippen molar-refractivity contribution in [3.63, 3.8) is 0 Å². The van der Waals surface area contributed by atoms with Crippen molar-refractivity contribution in [1.82, 2.24) is 0 Å². The van der Waals surface area contributed by atoms with Crippen molar-refractivity contribution in [3.05, 3.63) is 0 Å². The summed E-state index contributed by atoms with van der Waals surface area (Å²) < 4.78 is 0. The van der Waals surface area contributed by atoms with Gasteiger partial charge in [-0.2, -0.15) is 5.26 Å². The third-order valence-corrected chi connectivity index (χ3v) is 8.69. The summed E-state index contributed by atoms with van der Waals surface area (Å²) in [7, 11) is 0. The number of hydrogen-bond donors (Lipinski definition) is 0. The van der Waals surface area contributed by atoms with E-state index in [2.05, 4.69) is 19.9 Å². The van der Waals surface area contributed by atoms with E-state index < -0.39 is 0 Å². The van der Waals surface area contributed by atoms with Gasteiger partial charge in [0.15, 0.2) is 0 Å². The van der Waals surface area contributed by atoms with Crippen LogP contribution in [0.5, 0.6) is 0 Å². The average molecular weight is 358 g/mol. The Morgan fingerprint density at radius 3 is 1.58 bits per heavy atom. The highest BCUT2D eigenvalue weighted by molar-refractivity contribution is 5.02. The maximum Gasteiger partial charge on any atom is 0.0689 e. The summed E-state index contributed by atoms with van der Waals surface area (Å²) in [5, 5.41) is 9.65. The molecule has 3 fully saturated rings. The molecule has 0 bridgehead atoms. The smallest absolute Gasteiger partial charge is 0.0689 e. The molecule has 0 amide bonds. The summed E-state index contributed by atoms with van der Waals surface area (Å²) in [4.78, 5) is 0. The SMILES string of the molecule is CCCC1CCC(C2CCC(C3CCC(C#N)(CCC)CC3)CC2)CC1. The van der Waals surface area contributed by atoms with Crippen LogP contribution in [0.15, 0.2) is 0 Å². The second-order valence-electron chi connectivity index (χ2n) is 10.2. The third kappa shape index (κ3) is 4.85. The van der Waals surface area contributed by atoms with Gasteiger partial charge in [0.25, 0.3) is 0 Å². The van der Waals surface area contributed by atoms with Gasteiger partial charge in [-0.25, -0.2) is 0 Å². The highest BCUT2D eigenvalue weighted by atomic mass is 14.4. The molecule has 0 radical (unpaired) electrons. The summed E-state index contributed by atoms with van der Waals surface area (Å²) >= 11 is 0. The molecule has 0 atom stereocenters. The molecule has 148 valence electrons. The zero-order chi connectivity index (χ0) is 18.4. The Bertz CT molecular complexity index is 437. The van der Waals surface area contributed by atoms with Gasteiger partial charge in [0.05, 0.1) is 11.5 Å². The second kappa shape index (κ2) is 9.61. The van der Waals surface area contributed by atoms with E-state index >= 15 is 0 Å². The molecule has 1 nitrogen and oxygen atoms in total. The van der Waals surface area contributed by atoms with Crippen LogP contribution in [0, 0.1) is 46.3 Å². The molecule has 0 aliphatic heterocycles. The maximum atomic E-state index is 9.65. The van der Waals surface area contributed by atoms with E-state index in [1.807, 2.05) is 0 Å². The molecule has 3 saturated carbocycles. The largest absolute Gasteiger partial charge is 0.198 e. The summed E-state index contributed by atoms with van der Waals surface area (Å²) in [6.07, 6.45) is 22.3. The van der Waals surface area contributed by atoms with Crippen molar-refractivity contribution in [3.8, 4) is 6.07 Å². The molecule has 0 N–H and O–H groups in total. The van der Waals surface area contributed by atoms with Crippen LogP contribution >= 0.6 is 0 Å². The lowest BCUT2D eigenvalue weighted by Crippen LogP contribution is -2.32. The maximum absolute atomic E-state index is 9.65. The summed E-state index contributed by atoms with van der Waals surface area (Å²) in [6.45, 7) is 4.59. The minimum atomic E-state index is 0.0412. The van der Waals surface area contributed by atoms with E-state index in [1.54, 1.807) is 0 Å². The molecule has 3 rings (SSSR count). The molecular weight excluding hydrogens is 314 g/mol. The van der Waals surface area contributed by atoms with Crippen molar-refractivity contribution in [2.45, 2.75) is 117 Å². The highest BCUT2D eigenvalue weighted by Crippen LogP contribution is 2.49. The predicted molar refractivity (Wildman–Crippen MR) is 111 cm³/mol. The third-order valence-electron chi connectivity index (χ3n) is 8.69. The Kier molecular flexibility index (Phi) is 7.48.